The number of hydrogen-bond donors (Lipinski definition) is 0. The van der Waals surface area contributed by atoms with E-state index in [1.54, 1.807) is 12.1 Å². The van der Waals surface area contributed by atoms with Crippen molar-refractivity contribution in [3.63, 3.8) is 0 Å². The first kappa shape index (κ1) is 18.7. The van der Waals surface area contributed by atoms with Crippen LogP contribution in [0.15, 0.2) is 66.9 Å². The van der Waals surface area contributed by atoms with Crippen LogP contribution in [0.1, 0.15) is 29.2 Å². The van der Waals surface area contributed by atoms with Gasteiger partial charge in [-0.3, -0.25) is 9.69 Å². The third kappa shape index (κ3) is 4.55. The number of nitrogens with zero attached hydrogens (tertiary/aromatic N) is 1. The lowest BCUT2D eigenvalue weighted by atomic mass is 9.96. The Morgan fingerprint density at radius 3 is 2.37 bits per heavy atom. The van der Waals surface area contributed by atoms with Crippen molar-refractivity contribution in [2.45, 2.75) is 25.2 Å². The molecule has 1 amide bonds. The van der Waals surface area contributed by atoms with E-state index in [0.29, 0.717) is 5.56 Å². The highest BCUT2D eigenvalue weighted by Crippen LogP contribution is 2.33. The van der Waals surface area contributed by atoms with Crippen LogP contribution in [0.5, 0.6) is 0 Å². The lowest BCUT2D eigenvalue weighted by Gasteiger charge is -2.30. The summed E-state index contributed by atoms with van der Waals surface area (Å²) in [6, 6.07) is 12.8. The fourth-order valence-electron chi connectivity index (χ4n) is 2.78. The van der Waals surface area contributed by atoms with Crippen LogP contribution in [0.2, 0.25) is 0 Å². The molecule has 0 saturated carbocycles. The molecule has 0 saturated heterocycles. The van der Waals surface area contributed by atoms with E-state index < -0.39 is 23.9 Å². The highest BCUT2D eigenvalue weighted by atomic mass is 19.4. The van der Waals surface area contributed by atoms with Gasteiger partial charge in [0, 0.05) is 12.6 Å². The van der Waals surface area contributed by atoms with Gasteiger partial charge in [0.15, 0.2) is 5.78 Å². The van der Waals surface area contributed by atoms with Gasteiger partial charge in [-0.2, -0.15) is 13.2 Å². The second-order valence-electron chi connectivity index (χ2n) is 6.07. The Morgan fingerprint density at radius 1 is 1.07 bits per heavy atom. The zero-order valence-corrected chi connectivity index (χ0v) is 14.1. The quantitative estimate of drug-likeness (QED) is 0.769. The first-order valence-electron chi connectivity index (χ1n) is 8.22. The van der Waals surface area contributed by atoms with Crippen LogP contribution < -0.4 is 0 Å². The summed E-state index contributed by atoms with van der Waals surface area (Å²) in [5, 5.41) is 0. The zero-order valence-electron chi connectivity index (χ0n) is 14.1. The molecule has 4 nitrogen and oxygen atoms in total. The minimum Gasteiger partial charge on any atom is -0.444 e. The van der Waals surface area contributed by atoms with Gasteiger partial charge in [-0.1, -0.05) is 42.5 Å². The molecule has 0 bridgehead atoms. The van der Waals surface area contributed by atoms with Crippen molar-refractivity contribution < 1.29 is 27.5 Å². The summed E-state index contributed by atoms with van der Waals surface area (Å²) in [5.74, 6) is -0.216. The molecule has 0 fully saturated rings. The molecule has 7 heteroatoms. The molecule has 0 spiro atoms. The molecular formula is C20H16F3NO3. The maximum absolute atomic E-state index is 12.7. The molecule has 1 aliphatic rings. The van der Waals surface area contributed by atoms with Crippen molar-refractivity contribution >= 4 is 11.9 Å². The minimum atomic E-state index is -4.45. The monoisotopic (exact) mass is 375 g/mol. The summed E-state index contributed by atoms with van der Waals surface area (Å²) in [6.45, 7) is 0.0533. The van der Waals surface area contributed by atoms with E-state index in [9.17, 15) is 22.8 Å². The maximum atomic E-state index is 12.7. The molecule has 0 aromatic heterocycles. The van der Waals surface area contributed by atoms with Gasteiger partial charge in [0.2, 0.25) is 0 Å². The summed E-state index contributed by atoms with van der Waals surface area (Å²) < 4.78 is 43.5. The number of carbonyl (C=O) groups is 2. The fourth-order valence-corrected chi connectivity index (χ4v) is 2.78. The summed E-state index contributed by atoms with van der Waals surface area (Å²) in [7, 11) is 0. The summed E-state index contributed by atoms with van der Waals surface area (Å²) in [5.41, 5.74) is 0.438. The molecule has 0 unspecified atom stereocenters. The smallest absolute Gasteiger partial charge is 0.416 e. The fraction of sp³-hybridized carbons (Fsp3) is 0.200. The molecule has 1 aliphatic heterocycles. The van der Waals surface area contributed by atoms with Crippen molar-refractivity contribution in [3.8, 4) is 0 Å². The number of carbonyl (C=O) groups excluding carboxylic acids is 2. The van der Waals surface area contributed by atoms with Gasteiger partial charge in [0.05, 0.1) is 11.6 Å². The van der Waals surface area contributed by atoms with Crippen molar-refractivity contribution in [2.24, 2.45) is 0 Å². The van der Waals surface area contributed by atoms with E-state index in [1.807, 2.05) is 18.2 Å². The van der Waals surface area contributed by atoms with E-state index in [4.69, 9.17) is 4.74 Å². The molecule has 0 aliphatic carbocycles. The normalized spacial score (nSPS) is 17.1. The first-order valence-corrected chi connectivity index (χ1v) is 8.22. The number of halogens is 3. The lowest BCUT2D eigenvalue weighted by molar-refractivity contribution is -0.137. The number of ketones is 1. The number of ether oxygens (including phenoxy) is 1. The average molecular weight is 375 g/mol. The van der Waals surface area contributed by atoms with Crippen molar-refractivity contribution in [2.75, 3.05) is 0 Å². The van der Waals surface area contributed by atoms with Gasteiger partial charge in [-0.15, -0.1) is 0 Å². The predicted molar refractivity (Wildman–Crippen MR) is 91.4 cm³/mol. The van der Waals surface area contributed by atoms with Crippen LogP contribution in [-0.2, 0) is 22.3 Å². The van der Waals surface area contributed by atoms with Crippen molar-refractivity contribution in [3.05, 3.63) is 83.6 Å². The molecule has 140 valence electrons. The Labute approximate surface area is 153 Å². The van der Waals surface area contributed by atoms with Crippen LogP contribution >= 0.6 is 0 Å². The molecule has 0 radical (unpaired) electrons. The molecular weight excluding hydrogens is 359 g/mol. The van der Waals surface area contributed by atoms with E-state index in [0.717, 1.165) is 17.7 Å². The van der Waals surface area contributed by atoms with E-state index in [1.165, 1.54) is 29.3 Å². The third-order valence-electron chi connectivity index (χ3n) is 4.19. The van der Waals surface area contributed by atoms with Crippen LogP contribution in [0.25, 0.3) is 0 Å². The number of rotatable bonds is 3. The maximum Gasteiger partial charge on any atom is 0.416 e. The van der Waals surface area contributed by atoms with Crippen molar-refractivity contribution in [1.82, 2.24) is 4.90 Å². The number of alkyl halides is 3. The molecule has 2 aromatic carbocycles. The van der Waals surface area contributed by atoms with E-state index in [-0.39, 0.29) is 18.8 Å². The second-order valence-corrected chi connectivity index (χ2v) is 6.07. The number of amides is 1. The van der Waals surface area contributed by atoms with Gasteiger partial charge in [-0.25, -0.2) is 4.79 Å². The number of hydrogen-bond acceptors (Lipinski definition) is 3. The molecule has 3 rings (SSSR count). The van der Waals surface area contributed by atoms with Crippen molar-refractivity contribution in [1.29, 1.82) is 0 Å². The molecule has 27 heavy (non-hydrogen) atoms. The second kappa shape index (κ2) is 7.65. The Hall–Kier alpha value is -3.09. The minimum absolute atomic E-state index is 0.0255. The summed E-state index contributed by atoms with van der Waals surface area (Å²) in [4.78, 5) is 25.5. The highest BCUT2D eigenvalue weighted by molar-refractivity contribution is 5.92. The SMILES string of the molecule is O=C1C=CN(C(=O)OCc2ccccc2)[C@H](c2ccc(C(F)(F)F)cc2)C1. The molecule has 2 aromatic rings. The number of allylic oxidation sites excluding steroid dienone is 1. The summed E-state index contributed by atoms with van der Waals surface area (Å²) >= 11 is 0. The molecule has 1 heterocycles. The van der Waals surface area contributed by atoms with Crippen LogP contribution in [-0.4, -0.2) is 16.8 Å². The summed E-state index contributed by atoms with van der Waals surface area (Å²) in [6.07, 6.45) is -2.59. The standard InChI is InChI=1S/C20H16F3NO3/c21-20(22,23)16-8-6-15(7-9-16)18-12-17(25)10-11-24(18)19(26)27-13-14-4-2-1-3-5-14/h1-11,18H,12-13H2/t18-/m0/s1. The lowest BCUT2D eigenvalue weighted by Crippen LogP contribution is -2.34. The largest absolute Gasteiger partial charge is 0.444 e. The van der Waals surface area contributed by atoms with Crippen LogP contribution in [0, 0.1) is 0 Å². The van der Waals surface area contributed by atoms with Gasteiger partial charge in [0.1, 0.15) is 6.61 Å². The highest BCUT2D eigenvalue weighted by Gasteiger charge is 2.33. The average Bonchev–Trinajstić information content (AvgIpc) is 2.66. The van der Waals surface area contributed by atoms with Gasteiger partial charge >= 0.3 is 12.3 Å². The topological polar surface area (TPSA) is 46.6 Å². The van der Waals surface area contributed by atoms with Gasteiger partial charge in [-0.05, 0) is 29.3 Å². The third-order valence-corrected chi connectivity index (χ3v) is 4.19. The van der Waals surface area contributed by atoms with Crippen LogP contribution in [0.4, 0.5) is 18.0 Å². The van der Waals surface area contributed by atoms with Crippen LogP contribution in [0.3, 0.4) is 0 Å². The Kier molecular flexibility index (Phi) is 5.30. The van der Waals surface area contributed by atoms with E-state index in [2.05, 4.69) is 0 Å². The Balaban J connectivity index is 1.77. The predicted octanol–water partition coefficient (Wildman–Crippen LogP) is 4.87. The number of benzene rings is 2. The molecule has 1 atom stereocenters. The Morgan fingerprint density at radius 2 is 1.74 bits per heavy atom. The van der Waals surface area contributed by atoms with Gasteiger partial charge < -0.3 is 4.74 Å². The Bertz CT molecular complexity index is 845. The van der Waals surface area contributed by atoms with E-state index >= 15 is 0 Å². The first-order chi connectivity index (χ1) is 12.8. The molecule has 0 N–H and O–H groups in total. The van der Waals surface area contributed by atoms with Gasteiger partial charge in [0.25, 0.3) is 0 Å². The zero-order chi connectivity index (χ0) is 19.4.